The summed E-state index contributed by atoms with van der Waals surface area (Å²) in [6.45, 7) is 7.65. The first-order valence-corrected chi connectivity index (χ1v) is 8.19. The molecule has 1 fully saturated rings. The number of hydrogen-bond donors (Lipinski definition) is 0. The van der Waals surface area contributed by atoms with Crippen molar-refractivity contribution in [3.63, 3.8) is 0 Å². The molecule has 6 heteroatoms. The van der Waals surface area contributed by atoms with Gasteiger partial charge in [-0.05, 0) is 39.2 Å². The molecule has 122 valence electrons. The molecule has 0 radical (unpaired) electrons. The number of rotatable bonds is 4. The standard InChI is InChI=1S/C17H23N5O/c1-4-9-21-12-14(11-19-21)15(23)22-10-5-7-17(22,3)16-18-8-6-13(2)20-16/h6,8,11-12H,4-5,7,9-10H2,1-3H3/t17-/m1/s1. The molecule has 6 nitrogen and oxygen atoms in total. The van der Waals surface area contributed by atoms with Crippen LogP contribution < -0.4 is 0 Å². The summed E-state index contributed by atoms with van der Waals surface area (Å²) in [5, 5.41) is 4.27. The average molecular weight is 313 g/mol. The van der Waals surface area contributed by atoms with Gasteiger partial charge in [-0.25, -0.2) is 9.97 Å². The molecule has 2 aromatic heterocycles. The van der Waals surface area contributed by atoms with E-state index >= 15 is 0 Å². The Morgan fingerprint density at radius 1 is 1.43 bits per heavy atom. The topological polar surface area (TPSA) is 63.9 Å². The fraction of sp³-hybridized carbons (Fsp3) is 0.529. The summed E-state index contributed by atoms with van der Waals surface area (Å²) in [7, 11) is 0. The number of nitrogens with zero attached hydrogens (tertiary/aromatic N) is 5. The summed E-state index contributed by atoms with van der Waals surface area (Å²) in [6.07, 6.45) is 8.10. The molecule has 3 heterocycles. The predicted molar refractivity (Wildman–Crippen MR) is 86.9 cm³/mol. The van der Waals surface area contributed by atoms with E-state index in [0.717, 1.165) is 43.9 Å². The SMILES string of the molecule is CCCn1cc(C(=O)N2CCC[C@]2(C)c2nccc(C)n2)cn1. The molecule has 3 rings (SSSR count). The second-order valence-corrected chi connectivity index (χ2v) is 6.35. The lowest BCUT2D eigenvalue weighted by atomic mass is 9.97. The highest BCUT2D eigenvalue weighted by Gasteiger charge is 2.43. The Morgan fingerprint density at radius 2 is 2.26 bits per heavy atom. The Labute approximate surface area is 136 Å². The van der Waals surface area contributed by atoms with Gasteiger partial charge < -0.3 is 4.90 Å². The van der Waals surface area contributed by atoms with Crippen LogP contribution in [0.2, 0.25) is 0 Å². The minimum absolute atomic E-state index is 0.0115. The van der Waals surface area contributed by atoms with Crippen LogP contribution in [0.4, 0.5) is 0 Å². The van der Waals surface area contributed by atoms with Crippen molar-refractivity contribution < 1.29 is 4.79 Å². The Kier molecular flexibility index (Phi) is 4.15. The van der Waals surface area contributed by atoms with Crippen LogP contribution in [-0.4, -0.2) is 37.1 Å². The van der Waals surface area contributed by atoms with E-state index in [1.54, 1.807) is 12.4 Å². The largest absolute Gasteiger partial charge is 0.326 e. The third-order valence-electron chi connectivity index (χ3n) is 4.50. The third-order valence-corrected chi connectivity index (χ3v) is 4.50. The number of aryl methyl sites for hydroxylation is 2. The maximum absolute atomic E-state index is 13.0. The highest BCUT2D eigenvalue weighted by atomic mass is 16.2. The van der Waals surface area contributed by atoms with Gasteiger partial charge in [0.2, 0.25) is 0 Å². The highest BCUT2D eigenvalue weighted by molar-refractivity contribution is 5.94. The fourth-order valence-electron chi connectivity index (χ4n) is 3.21. The number of aromatic nitrogens is 4. The van der Waals surface area contributed by atoms with Gasteiger partial charge in [0, 0.05) is 31.2 Å². The van der Waals surface area contributed by atoms with Crippen LogP contribution >= 0.6 is 0 Å². The van der Waals surface area contributed by atoms with Gasteiger partial charge in [0.1, 0.15) is 5.54 Å². The van der Waals surface area contributed by atoms with E-state index in [1.165, 1.54) is 0 Å². The number of carbonyl (C=O) groups is 1. The van der Waals surface area contributed by atoms with Gasteiger partial charge in [-0.2, -0.15) is 5.10 Å². The average Bonchev–Trinajstić information content (AvgIpc) is 3.15. The maximum Gasteiger partial charge on any atom is 0.257 e. The predicted octanol–water partition coefficient (Wildman–Crippen LogP) is 2.54. The normalized spacial score (nSPS) is 20.9. The van der Waals surface area contributed by atoms with E-state index in [0.29, 0.717) is 5.56 Å². The molecule has 23 heavy (non-hydrogen) atoms. The summed E-state index contributed by atoms with van der Waals surface area (Å²) in [5.74, 6) is 0.738. The maximum atomic E-state index is 13.0. The van der Waals surface area contributed by atoms with Crippen LogP contribution in [0.15, 0.2) is 24.7 Å². The van der Waals surface area contributed by atoms with Crippen LogP contribution in [0.5, 0.6) is 0 Å². The van der Waals surface area contributed by atoms with E-state index in [2.05, 4.69) is 28.9 Å². The minimum Gasteiger partial charge on any atom is -0.326 e. The van der Waals surface area contributed by atoms with Gasteiger partial charge in [-0.3, -0.25) is 9.48 Å². The first kappa shape index (κ1) is 15.6. The van der Waals surface area contributed by atoms with Crippen molar-refractivity contribution in [3.8, 4) is 0 Å². The molecule has 0 spiro atoms. The molecule has 1 atom stereocenters. The summed E-state index contributed by atoms with van der Waals surface area (Å²) < 4.78 is 1.82. The first-order valence-electron chi connectivity index (χ1n) is 8.19. The molecule has 0 aliphatic carbocycles. The van der Waals surface area contributed by atoms with E-state index in [4.69, 9.17) is 0 Å². The zero-order valence-corrected chi connectivity index (χ0v) is 14.0. The zero-order valence-electron chi connectivity index (χ0n) is 14.0. The zero-order chi connectivity index (χ0) is 16.4. The van der Waals surface area contributed by atoms with Crippen LogP contribution in [-0.2, 0) is 12.1 Å². The molecule has 1 saturated heterocycles. The van der Waals surface area contributed by atoms with E-state index in [-0.39, 0.29) is 5.91 Å². The molecule has 1 amide bonds. The van der Waals surface area contributed by atoms with E-state index in [9.17, 15) is 4.79 Å². The van der Waals surface area contributed by atoms with Crippen molar-refractivity contribution in [3.05, 3.63) is 41.7 Å². The molecule has 0 bridgehead atoms. The third kappa shape index (κ3) is 2.85. The lowest BCUT2D eigenvalue weighted by Crippen LogP contribution is -2.44. The second-order valence-electron chi connectivity index (χ2n) is 6.35. The summed E-state index contributed by atoms with van der Waals surface area (Å²) >= 11 is 0. The highest BCUT2D eigenvalue weighted by Crippen LogP contribution is 2.37. The van der Waals surface area contributed by atoms with Crippen molar-refractivity contribution in [2.45, 2.75) is 52.1 Å². The number of carbonyl (C=O) groups excluding carboxylic acids is 1. The number of amides is 1. The number of hydrogen-bond acceptors (Lipinski definition) is 4. The molecule has 0 aromatic carbocycles. The van der Waals surface area contributed by atoms with Crippen LogP contribution in [0.1, 0.15) is 55.0 Å². The molecule has 0 unspecified atom stereocenters. The second kappa shape index (κ2) is 6.10. The van der Waals surface area contributed by atoms with Crippen molar-refractivity contribution in [2.24, 2.45) is 0 Å². The Balaban J connectivity index is 1.89. The fourth-order valence-corrected chi connectivity index (χ4v) is 3.21. The molecule has 1 aliphatic rings. The Morgan fingerprint density at radius 3 is 3.00 bits per heavy atom. The smallest absolute Gasteiger partial charge is 0.257 e. The lowest BCUT2D eigenvalue weighted by Gasteiger charge is -2.33. The van der Waals surface area contributed by atoms with Gasteiger partial charge in [0.15, 0.2) is 5.82 Å². The summed E-state index contributed by atoms with van der Waals surface area (Å²) in [4.78, 5) is 23.8. The Hall–Kier alpha value is -2.24. The van der Waals surface area contributed by atoms with E-state index < -0.39 is 5.54 Å². The molecular weight excluding hydrogens is 290 g/mol. The van der Waals surface area contributed by atoms with Gasteiger partial charge >= 0.3 is 0 Å². The first-order chi connectivity index (χ1) is 11.0. The monoisotopic (exact) mass is 313 g/mol. The van der Waals surface area contributed by atoms with Crippen molar-refractivity contribution in [1.82, 2.24) is 24.6 Å². The molecule has 0 saturated carbocycles. The van der Waals surface area contributed by atoms with Gasteiger partial charge in [-0.1, -0.05) is 6.92 Å². The van der Waals surface area contributed by atoms with Crippen LogP contribution in [0, 0.1) is 6.92 Å². The molecule has 0 N–H and O–H groups in total. The molecule has 1 aliphatic heterocycles. The Bertz CT molecular complexity index is 711. The van der Waals surface area contributed by atoms with Crippen LogP contribution in [0.25, 0.3) is 0 Å². The molecule has 2 aromatic rings. The number of likely N-dealkylation sites (tertiary alicyclic amines) is 1. The minimum atomic E-state index is -0.448. The summed E-state index contributed by atoms with van der Waals surface area (Å²) in [6, 6.07) is 1.88. The van der Waals surface area contributed by atoms with Crippen molar-refractivity contribution in [2.75, 3.05) is 6.54 Å². The van der Waals surface area contributed by atoms with Crippen molar-refractivity contribution >= 4 is 5.91 Å². The quantitative estimate of drug-likeness (QED) is 0.870. The van der Waals surface area contributed by atoms with Gasteiger partial charge in [0.25, 0.3) is 5.91 Å². The van der Waals surface area contributed by atoms with Crippen molar-refractivity contribution in [1.29, 1.82) is 0 Å². The van der Waals surface area contributed by atoms with Gasteiger partial charge in [0.05, 0.1) is 11.8 Å². The van der Waals surface area contributed by atoms with E-state index in [1.807, 2.05) is 28.8 Å². The van der Waals surface area contributed by atoms with Gasteiger partial charge in [-0.15, -0.1) is 0 Å². The summed E-state index contributed by atoms with van der Waals surface area (Å²) in [5.41, 5.74) is 1.11. The molecular formula is C17H23N5O. The van der Waals surface area contributed by atoms with Crippen LogP contribution in [0.3, 0.4) is 0 Å². The lowest BCUT2D eigenvalue weighted by molar-refractivity contribution is 0.0603.